The molecule has 222 valence electrons. The maximum atomic E-state index is 15.4. The van der Waals surface area contributed by atoms with E-state index in [1.54, 1.807) is 0 Å². The zero-order chi connectivity index (χ0) is 28.7. The van der Waals surface area contributed by atoms with Crippen molar-refractivity contribution in [3.8, 4) is 6.01 Å². The number of ether oxygens (including phenoxy) is 3. The summed E-state index contributed by atoms with van der Waals surface area (Å²) in [6.07, 6.45) is 4.89. The number of nitrogens with zero attached hydrogens (tertiary/aromatic N) is 5. The summed E-state index contributed by atoms with van der Waals surface area (Å²) >= 11 is 3.03. The number of piperazine rings is 1. The highest BCUT2D eigenvalue weighted by Gasteiger charge is 2.50. The molecule has 1 aromatic heterocycles. The lowest BCUT2D eigenvalue weighted by Gasteiger charge is -2.42. The molecule has 0 N–H and O–H groups in total. The SMILES string of the molecule is CC(C)(C)OC(=O)N1C2CCC1CN(c1nc(OCC3(CN4C[C@H]5C[C@@H]4CO5)CC3)nc3c(F)c(Br)c(F)cc13)C2. The van der Waals surface area contributed by atoms with Crippen LogP contribution in [0.4, 0.5) is 19.4 Å². The quantitative estimate of drug-likeness (QED) is 0.415. The van der Waals surface area contributed by atoms with Gasteiger partial charge in [0.15, 0.2) is 5.82 Å². The van der Waals surface area contributed by atoms with Crippen LogP contribution in [-0.2, 0) is 9.47 Å². The van der Waals surface area contributed by atoms with Crippen LogP contribution in [-0.4, -0.2) is 95.1 Å². The molecule has 0 radical (unpaired) electrons. The van der Waals surface area contributed by atoms with Crippen LogP contribution in [0, 0.1) is 17.0 Å². The second kappa shape index (κ2) is 9.87. The summed E-state index contributed by atoms with van der Waals surface area (Å²) in [7, 11) is 0. The van der Waals surface area contributed by atoms with Crippen molar-refractivity contribution in [3.63, 3.8) is 0 Å². The van der Waals surface area contributed by atoms with Crippen molar-refractivity contribution in [2.45, 2.75) is 82.7 Å². The lowest BCUT2D eigenvalue weighted by Crippen LogP contribution is -2.57. The maximum absolute atomic E-state index is 15.4. The van der Waals surface area contributed by atoms with Crippen LogP contribution >= 0.6 is 15.9 Å². The number of carbonyl (C=O) groups is 1. The zero-order valence-electron chi connectivity index (χ0n) is 23.7. The van der Waals surface area contributed by atoms with E-state index in [1.165, 1.54) is 6.07 Å². The Morgan fingerprint density at radius 2 is 1.88 bits per heavy atom. The Morgan fingerprint density at radius 1 is 1.15 bits per heavy atom. The third-order valence-corrected chi connectivity index (χ3v) is 9.92. The topological polar surface area (TPSA) is 80.3 Å². The molecule has 7 rings (SSSR count). The van der Waals surface area contributed by atoms with Crippen molar-refractivity contribution in [3.05, 3.63) is 22.2 Å². The van der Waals surface area contributed by atoms with E-state index in [4.69, 9.17) is 19.2 Å². The molecule has 9 nitrogen and oxygen atoms in total. The van der Waals surface area contributed by atoms with Crippen LogP contribution in [0.15, 0.2) is 10.5 Å². The number of anilines is 1. The number of aromatic nitrogens is 2. The smallest absolute Gasteiger partial charge is 0.410 e. The minimum Gasteiger partial charge on any atom is -0.463 e. The molecule has 5 aliphatic rings. The molecule has 4 saturated heterocycles. The van der Waals surface area contributed by atoms with E-state index in [2.05, 4.69) is 25.8 Å². The predicted molar refractivity (Wildman–Crippen MR) is 151 cm³/mol. The number of hydrogen-bond donors (Lipinski definition) is 0. The largest absolute Gasteiger partial charge is 0.463 e. The van der Waals surface area contributed by atoms with E-state index in [0.29, 0.717) is 37.7 Å². The van der Waals surface area contributed by atoms with E-state index >= 15 is 4.39 Å². The molecule has 2 aromatic rings. The molecule has 4 aliphatic heterocycles. The molecule has 5 heterocycles. The molecule has 12 heteroatoms. The summed E-state index contributed by atoms with van der Waals surface area (Å²) < 4.78 is 47.5. The first-order chi connectivity index (χ1) is 19.5. The van der Waals surface area contributed by atoms with Crippen molar-refractivity contribution >= 4 is 38.7 Å². The molecule has 41 heavy (non-hydrogen) atoms. The number of rotatable bonds is 6. The molecule has 1 aliphatic carbocycles. The van der Waals surface area contributed by atoms with E-state index < -0.39 is 17.2 Å². The lowest BCUT2D eigenvalue weighted by atomic mass is 10.1. The van der Waals surface area contributed by atoms with Crippen LogP contribution < -0.4 is 9.64 Å². The maximum Gasteiger partial charge on any atom is 0.410 e. The average molecular weight is 637 g/mol. The monoisotopic (exact) mass is 635 g/mol. The van der Waals surface area contributed by atoms with Gasteiger partial charge >= 0.3 is 12.1 Å². The van der Waals surface area contributed by atoms with Crippen LogP contribution in [0.3, 0.4) is 0 Å². The van der Waals surface area contributed by atoms with Crippen molar-refractivity contribution in [2.75, 3.05) is 44.3 Å². The third-order valence-electron chi connectivity index (χ3n) is 9.19. The van der Waals surface area contributed by atoms with Gasteiger partial charge in [-0.25, -0.2) is 13.6 Å². The molecule has 0 spiro atoms. The highest BCUT2D eigenvalue weighted by molar-refractivity contribution is 9.10. The van der Waals surface area contributed by atoms with Crippen molar-refractivity contribution < 1.29 is 27.8 Å². The number of benzene rings is 1. The number of morpholine rings is 1. The van der Waals surface area contributed by atoms with Gasteiger partial charge in [0.25, 0.3) is 0 Å². The summed E-state index contributed by atoms with van der Waals surface area (Å²) in [5.74, 6) is -1.07. The third kappa shape index (κ3) is 5.14. The summed E-state index contributed by atoms with van der Waals surface area (Å²) in [5, 5.41) is 0.287. The Labute approximate surface area is 246 Å². The van der Waals surface area contributed by atoms with Gasteiger partial charge in [-0.1, -0.05) is 0 Å². The fraction of sp³-hybridized carbons (Fsp3) is 0.690. The molecule has 2 unspecified atom stereocenters. The highest BCUT2D eigenvalue weighted by Crippen LogP contribution is 2.48. The van der Waals surface area contributed by atoms with Gasteiger partial charge in [0.1, 0.15) is 22.8 Å². The first-order valence-electron chi connectivity index (χ1n) is 14.6. The molecule has 1 saturated carbocycles. The Bertz CT molecular complexity index is 1370. The molecule has 4 atom stereocenters. The molecule has 1 amide bonds. The molecule has 4 bridgehead atoms. The summed E-state index contributed by atoms with van der Waals surface area (Å²) in [5.41, 5.74) is -0.547. The summed E-state index contributed by atoms with van der Waals surface area (Å²) in [6, 6.07) is 1.67. The fourth-order valence-electron chi connectivity index (χ4n) is 6.98. The average Bonchev–Trinajstić information content (AvgIpc) is 3.20. The van der Waals surface area contributed by atoms with Gasteiger partial charge in [-0.3, -0.25) is 9.80 Å². The minimum absolute atomic E-state index is 0.0130. The van der Waals surface area contributed by atoms with E-state index in [0.717, 1.165) is 51.8 Å². The molecular formula is C29H36BrF2N5O4. The standard InChI is InChI=1S/C29H36BrF2N5O4/c1-28(2,3)41-27(38)37-16-4-5-17(37)11-35(10-16)25-20-9-21(31)22(30)23(32)24(20)33-26(34-25)40-15-29(6-7-29)14-36-12-19-8-18(36)13-39-19/h9,16-19H,4-8,10-15H2,1-3H3/t16?,17?,18-,19-/m1/s1. The number of hydrogen-bond acceptors (Lipinski definition) is 8. The summed E-state index contributed by atoms with van der Waals surface area (Å²) in [4.78, 5) is 28.5. The van der Waals surface area contributed by atoms with Gasteiger partial charge < -0.3 is 19.1 Å². The fourth-order valence-corrected chi connectivity index (χ4v) is 7.28. The number of halogens is 3. The number of carbonyl (C=O) groups excluding carboxylic acids is 1. The van der Waals surface area contributed by atoms with Crippen LogP contribution in [0.25, 0.3) is 10.9 Å². The van der Waals surface area contributed by atoms with Crippen molar-refractivity contribution in [2.24, 2.45) is 5.41 Å². The Balaban J connectivity index is 1.15. The van der Waals surface area contributed by atoms with Gasteiger partial charge in [0.2, 0.25) is 0 Å². The highest BCUT2D eigenvalue weighted by atomic mass is 79.9. The second-order valence-corrected chi connectivity index (χ2v) is 14.2. The molecule has 1 aromatic carbocycles. The van der Waals surface area contributed by atoms with Crippen LogP contribution in [0.1, 0.15) is 52.9 Å². The van der Waals surface area contributed by atoms with E-state index in [1.807, 2.05) is 30.6 Å². The second-order valence-electron chi connectivity index (χ2n) is 13.5. The zero-order valence-corrected chi connectivity index (χ0v) is 25.3. The number of amides is 1. The number of fused-ring (bicyclic) bond motifs is 5. The van der Waals surface area contributed by atoms with E-state index in [-0.39, 0.29) is 45.0 Å². The first kappa shape index (κ1) is 27.5. The Kier molecular flexibility index (Phi) is 6.63. The first-order valence-corrected chi connectivity index (χ1v) is 15.4. The van der Waals surface area contributed by atoms with Crippen LogP contribution in [0.2, 0.25) is 0 Å². The van der Waals surface area contributed by atoms with Gasteiger partial charge in [0, 0.05) is 43.0 Å². The Morgan fingerprint density at radius 3 is 2.49 bits per heavy atom. The molecular weight excluding hydrogens is 600 g/mol. The van der Waals surface area contributed by atoms with Crippen LogP contribution in [0.5, 0.6) is 6.01 Å². The van der Waals surface area contributed by atoms with E-state index in [9.17, 15) is 9.18 Å². The van der Waals surface area contributed by atoms with Crippen molar-refractivity contribution in [1.29, 1.82) is 0 Å². The minimum atomic E-state index is -0.780. The number of likely N-dealkylation sites (tertiary alicyclic amines) is 1. The predicted octanol–water partition coefficient (Wildman–Crippen LogP) is 4.89. The molecule has 5 fully saturated rings. The van der Waals surface area contributed by atoms with Gasteiger partial charge in [-0.2, -0.15) is 9.97 Å². The van der Waals surface area contributed by atoms with Gasteiger partial charge in [-0.15, -0.1) is 0 Å². The normalized spacial score (nSPS) is 28.5. The lowest BCUT2D eigenvalue weighted by molar-refractivity contribution is 0.0122. The van der Waals surface area contributed by atoms with Crippen molar-refractivity contribution in [1.82, 2.24) is 19.8 Å². The van der Waals surface area contributed by atoms with Gasteiger partial charge in [0.05, 0.1) is 35.9 Å². The summed E-state index contributed by atoms with van der Waals surface area (Å²) in [6.45, 7) is 9.66. The Hall–Kier alpha value is -2.31. The van der Waals surface area contributed by atoms with Gasteiger partial charge in [-0.05, 0) is 74.9 Å².